The van der Waals surface area contributed by atoms with Gasteiger partial charge in [0.25, 0.3) is 5.91 Å². The van der Waals surface area contributed by atoms with Crippen molar-refractivity contribution in [1.82, 2.24) is 10.3 Å². The molecule has 0 spiro atoms. The minimum absolute atomic E-state index is 0.121. The quantitative estimate of drug-likeness (QED) is 0.491. The maximum atomic E-state index is 12.0. The number of aromatic nitrogens is 1. The highest BCUT2D eigenvalue weighted by Gasteiger charge is 2.07. The fourth-order valence-electron chi connectivity index (χ4n) is 1.61. The van der Waals surface area contributed by atoms with Gasteiger partial charge in [0.15, 0.2) is 5.17 Å². The van der Waals surface area contributed by atoms with Gasteiger partial charge in [-0.15, -0.1) is 11.3 Å². The van der Waals surface area contributed by atoms with Crippen molar-refractivity contribution < 1.29 is 4.79 Å². The fourth-order valence-corrected chi connectivity index (χ4v) is 3.56. The van der Waals surface area contributed by atoms with Crippen LogP contribution in [0.3, 0.4) is 0 Å². The van der Waals surface area contributed by atoms with Gasteiger partial charge in [-0.3, -0.25) is 9.79 Å². The standard InChI is InChI=1S/C15H17N3OS3/c1-20-15(18-14(19)12-5-3-2-4-6-12)17-7-9-21-11-13-16-8-10-22-13/h2-6,8,10H,7,9,11H2,1H3,(H,17,18,19). The van der Waals surface area contributed by atoms with Crippen LogP contribution in [0.5, 0.6) is 0 Å². The molecule has 2 rings (SSSR count). The molecule has 0 saturated carbocycles. The van der Waals surface area contributed by atoms with Gasteiger partial charge in [-0.1, -0.05) is 30.0 Å². The topological polar surface area (TPSA) is 54.4 Å². The number of hydrogen-bond acceptors (Lipinski definition) is 6. The largest absolute Gasteiger partial charge is 0.301 e. The van der Waals surface area contributed by atoms with Crippen molar-refractivity contribution in [3.8, 4) is 0 Å². The van der Waals surface area contributed by atoms with Crippen molar-refractivity contribution in [2.45, 2.75) is 5.75 Å². The van der Waals surface area contributed by atoms with Crippen LogP contribution >= 0.6 is 34.9 Å². The lowest BCUT2D eigenvalue weighted by atomic mass is 10.2. The molecule has 0 aliphatic rings. The molecule has 1 amide bonds. The zero-order valence-corrected chi connectivity index (χ0v) is 14.6. The maximum Gasteiger partial charge on any atom is 0.257 e. The highest BCUT2D eigenvalue weighted by atomic mass is 32.2. The number of rotatable bonds is 6. The number of nitrogens with one attached hydrogen (secondary N) is 1. The summed E-state index contributed by atoms with van der Waals surface area (Å²) in [7, 11) is 0. The van der Waals surface area contributed by atoms with Crippen LogP contribution in [0.15, 0.2) is 46.9 Å². The Labute approximate surface area is 142 Å². The number of thioether (sulfide) groups is 2. The van der Waals surface area contributed by atoms with Crippen molar-refractivity contribution in [2.24, 2.45) is 4.99 Å². The number of carbonyl (C=O) groups is 1. The van der Waals surface area contributed by atoms with Gasteiger partial charge in [0.1, 0.15) is 5.01 Å². The minimum atomic E-state index is -0.121. The zero-order valence-electron chi connectivity index (χ0n) is 12.2. The maximum absolute atomic E-state index is 12.0. The summed E-state index contributed by atoms with van der Waals surface area (Å²) in [5, 5.41) is 6.62. The van der Waals surface area contributed by atoms with Gasteiger partial charge in [-0.2, -0.15) is 11.8 Å². The summed E-state index contributed by atoms with van der Waals surface area (Å²) in [5.74, 6) is 1.70. The van der Waals surface area contributed by atoms with E-state index in [1.807, 2.05) is 36.0 Å². The monoisotopic (exact) mass is 351 g/mol. The lowest BCUT2D eigenvalue weighted by molar-refractivity contribution is 0.0978. The molecule has 116 valence electrons. The number of nitrogens with zero attached hydrogens (tertiary/aromatic N) is 2. The lowest BCUT2D eigenvalue weighted by Gasteiger charge is -2.06. The Morgan fingerprint density at radius 3 is 2.86 bits per heavy atom. The van der Waals surface area contributed by atoms with Crippen LogP contribution in [-0.4, -0.2) is 34.6 Å². The molecular formula is C15H17N3OS3. The first kappa shape index (κ1) is 17.1. The van der Waals surface area contributed by atoms with Crippen LogP contribution in [0.1, 0.15) is 15.4 Å². The molecule has 0 atom stereocenters. The predicted molar refractivity (Wildman–Crippen MR) is 98.0 cm³/mol. The molecule has 0 bridgehead atoms. The van der Waals surface area contributed by atoms with E-state index in [0.29, 0.717) is 17.3 Å². The van der Waals surface area contributed by atoms with Gasteiger partial charge in [-0.05, 0) is 18.4 Å². The molecule has 0 unspecified atom stereocenters. The van der Waals surface area contributed by atoms with Crippen LogP contribution in [0.4, 0.5) is 0 Å². The highest BCUT2D eigenvalue weighted by Crippen LogP contribution is 2.14. The highest BCUT2D eigenvalue weighted by molar-refractivity contribution is 8.13. The summed E-state index contributed by atoms with van der Waals surface area (Å²) in [6, 6.07) is 9.16. The predicted octanol–water partition coefficient (Wildman–Crippen LogP) is 3.53. The van der Waals surface area contributed by atoms with Crippen LogP contribution in [0.2, 0.25) is 0 Å². The Morgan fingerprint density at radius 2 is 2.18 bits per heavy atom. The number of carbonyl (C=O) groups excluding carboxylic acids is 1. The SMILES string of the molecule is CS/C(=N\CCSCc1nccs1)NC(=O)c1ccccc1. The Balaban J connectivity index is 1.74. The third-order valence-corrected chi connectivity index (χ3v) is 5.18. The van der Waals surface area contributed by atoms with Crippen LogP contribution in [0, 0.1) is 0 Å². The molecule has 0 aliphatic heterocycles. The minimum Gasteiger partial charge on any atom is -0.301 e. The van der Waals surface area contributed by atoms with E-state index in [4.69, 9.17) is 0 Å². The Kier molecular flexibility index (Phi) is 7.48. The molecule has 0 radical (unpaired) electrons. The second-order valence-electron chi connectivity index (χ2n) is 4.19. The molecule has 1 N–H and O–H groups in total. The van der Waals surface area contributed by atoms with Gasteiger partial charge in [0.2, 0.25) is 0 Å². The molecule has 7 heteroatoms. The van der Waals surface area contributed by atoms with Gasteiger partial charge >= 0.3 is 0 Å². The Bertz CT molecular complexity index is 600. The normalized spacial score (nSPS) is 11.4. The van der Waals surface area contributed by atoms with Crippen LogP contribution in [-0.2, 0) is 5.75 Å². The molecule has 1 aromatic heterocycles. The van der Waals surface area contributed by atoms with E-state index in [-0.39, 0.29) is 5.91 Å². The summed E-state index contributed by atoms with van der Waals surface area (Å²) < 4.78 is 0. The van der Waals surface area contributed by atoms with Crippen molar-refractivity contribution in [3.05, 3.63) is 52.5 Å². The second-order valence-corrected chi connectivity index (χ2v) is 7.07. The van der Waals surface area contributed by atoms with E-state index in [9.17, 15) is 4.79 Å². The molecule has 22 heavy (non-hydrogen) atoms. The molecule has 1 heterocycles. The van der Waals surface area contributed by atoms with Crippen molar-refractivity contribution in [1.29, 1.82) is 0 Å². The first-order chi connectivity index (χ1) is 10.8. The summed E-state index contributed by atoms with van der Waals surface area (Å²) in [6.07, 6.45) is 3.73. The zero-order chi connectivity index (χ0) is 15.6. The van der Waals surface area contributed by atoms with Gasteiger partial charge in [0.05, 0.1) is 6.54 Å². The van der Waals surface area contributed by atoms with E-state index in [2.05, 4.69) is 15.3 Å². The summed E-state index contributed by atoms with van der Waals surface area (Å²) in [5.41, 5.74) is 0.641. The van der Waals surface area contributed by atoms with Crippen molar-refractivity contribution in [3.63, 3.8) is 0 Å². The Hall–Kier alpha value is -1.31. The van der Waals surface area contributed by atoms with Crippen molar-refractivity contribution in [2.75, 3.05) is 18.6 Å². The molecule has 2 aromatic rings. The van der Waals surface area contributed by atoms with Gasteiger partial charge in [0, 0.05) is 28.6 Å². The van der Waals surface area contributed by atoms with E-state index >= 15 is 0 Å². The fraction of sp³-hybridized carbons (Fsp3) is 0.267. The number of benzene rings is 1. The molecule has 4 nitrogen and oxygen atoms in total. The van der Waals surface area contributed by atoms with Crippen LogP contribution in [0.25, 0.3) is 0 Å². The first-order valence-corrected chi connectivity index (χ1v) is 9.96. The van der Waals surface area contributed by atoms with E-state index in [1.165, 1.54) is 11.8 Å². The summed E-state index contributed by atoms with van der Waals surface area (Å²) in [4.78, 5) is 20.7. The molecule has 0 aliphatic carbocycles. The van der Waals surface area contributed by atoms with Crippen molar-refractivity contribution >= 4 is 45.9 Å². The van der Waals surface area contributed by atoms with E-state index < -0.39 is 0 Å². The molecule has 1 aromatic carbocycles. The first-order valence-electron chi connectivity index (χ1n) is 6.70. The number of hydrogen-bond donors (Lipinski definition) is 1. The van der Waals surface area contributed by atoms with E-state index in [0.717, 1.165) is 16.5 Å². The average molecular weight is 352 g/mol. The third kappa shape index (κ3) is 5.82. The average Bonchev–Trinajstić information content (AvgIpc) is 3.07. The van der Waals surface area contributed by atoms with Gasteiger partial charge in [-0.25, -0.2) is 4.98 Å². The Morgan fingerprint density at radius 1 is 1.36 bits per heavy atom. The molecule has 0 saturated heterocycles. The number of amidine groups is 1. The third-order valence-electron chi connectivity index (χ3n) is 2.65. The smallest absolute Gasteiger partial charge is 0.257 e. The second kappa shape index (κ2) is 9.66. The van der Waals surface area contributed by atoms with Gasteiger partial charge < -0.3 is 5.32 Å². The lowest BCUT2D eigenvalue weighted by Crippen LogP contribution is -2.28. The van der Waals surface area contributed by atoms with Crippen LogP contribution < -0.4 is 5.32 Å². The molecular weight excluding hydrogens is 334 g/mol. The summed E-state index contributed by atoms with van der Waals surface area (Å²) >= 11 is 4.91. The number of thiazole rings is 1. The number of amides is 1. The van der Waals surface area contributed by atoms with E-state index in [1.54, 1.807) is 35.2 Å². The molecule has 0 fully saturated rings. The summed E-state index contributed by atoms with van der Waals surface area (Å²) in [6.45, 7) is 0.682. The number of aliphatic imine (C=N–C) groups is 1.